The third-order valence-electron chi connectivity index (χ3n) is 4.65. The summed E-state index contributed by atoms with van der Waals surface area (Å²) in [4.78, 5) is 17.9. The van der Waals surface area contributed by atoms with E-state index in [2.05, 4.69) is 11.1 Å². The third kappa shape index (κ3) is 2.32. The van der Waals surface area contributed by atoms with Crippen LogP contribution in [0.4, 0.5) is 0 Å². The third-order valence-corrected chi connectivity index (χ3v) is 4.65. The van der Waals surface area contributed by atoms with Gasteiger partial charge >= 0.3 is 0 Å². The van der Waals surface area contributed by atoms with Crippen molar-refractivity contribution in [2.24, 2.45) is 0 Å². The summed E-state index contributed by atoms with van der Waals surface area (Å²) in [5.41, 5.74) is 3.95. The smallest absolute Gasteiger partial charge is 0.254 e. The highest BCUT2D eigenvalue weighted by Gasteiger charge is 2.30. The molecule has 0 spiro atoms. The Bertz CT molecular complexity index is 868. The Hall–Kier alpha value is -2.59. The Morgan fingerprint density at radius 2 is 2.09 bits per heavy atom. The number of aromatic amines is 1. The van der Waals surface area contributed by atoms with E-state index in [9.17, 15) is 9.90 Å². The fourth-order valence-electron chi connectivity index (χ4n) is 3.44. The number of nitrogens with zero attached hydrogens (tertiary/aromatic N) is 1. The van der Waals surface area contributed by atoms with Crippen molar-refractivity contribution in [1.29, 1.82) is 0 Å². The first kappa shape index (κ1) is 14.0. The van der Waals surface area contributed by atoms with Crippen molar-refractivity contribution in [1.82, 2.24) is 9.88 Å². The summed E-state index contributed by atoms with van der Waals surface area (Å²) in [5, 5.41) is 10.9. The molecule has 0 radical (unpaired) electrons. The van der Waals surface area contributed by atoms with E-state index >= 15 is 0 Å². The number of fused-ring (bicyclic) bond motifs is 2. The van der Waals surface area contributed by atoms with Crippen LogP contribution in [-0.2, 0) is 6.42 Å². The van der Waals surface area contributed by atoms with Crippen molar-refractivity contribution >= 4 is 16.8 Å². The van der Waals surface area contributed by atoms with Crippen molar-refractivity contribution in [3.63, 3.8) is 0 Å². The highest BCUT2D eigenvalue weighted by atomic mass is 16.3. The molecule has 1 atom stereocenters. The molecule has 2 N–H and O–H groups in total. The molecular weight excluding hydrogens is 288 g/mol. The molecule has 0 aliphatic carbocycles. The van der Waals surface area contributed by atoms with Crippen LogP contribution in [0.1, 0.15) is 27.5 Å². The van der Waals surface area contributed by atoms with Crippen LogP contribution >= 0.6 is 0 Å². The van der Waals surface area contributed by atoms with Gasteiger partial charge < -0.3 is 15.0 Å². The van der Waals surface area contributed by atoms with Crippen molar-refractivity contribution in [3.05, 3.63) is 71.4 Å². The SMILES string of the molecule is O=C(c1ccc2[nH]ccc2c1)N1CCc2ccccc2[C@@H]1CO. The van der Waals surface area contributed by atoms with E-state index in [0.29, 0.717) is 12.1 Å². The fourth-order valence-corrected chi connectivity index (χ4v) is 3.44. The maximum atomic E-state index is 12.9. The van der Waals surface area contributed by atoms with E-state index in [4.69, 9.17) is 0 Å². The molecule has 2 heterocycles. The lowest BCUT2D eigenvalue weighted by Crippen LogP contribution is -2.41. The van der Waals surface area contributed by atoms with Crippen molar-refractivity contribution in [2.75, 3.05) is 13.2 Å². The second-order valence-corrected chi connectivity index (χ2v) is 5.93. The molecule has 1 amide bonds. The molecule has 0 saturated carbocycles. The molecule has 2 aromatic carbocycles. The van der Waals surface area contributed by atoms with Gasteiger partial charge in [0.1, 0.15) is 0 Å². The Morgan fingerprint density at radius 1 is 1.22 bits per heavy atom. The number of nitrogens with one attached hydrogen (secondary N) is 1. The predicted molar refractivity (Wildman–Crippen MR) is 89.3 cm³/mol. The number of amides is 1. The second-order valence-electron chi connectivity index (χ2n) is 5.93. The van der Waals surface area contributed by atoms with Crippen LogP contribution in [0.15, 0.2) is 54.7 Å². The number of aromatic nitrogens is 1. The molecule has 4 heteroatoms. The molecule has 1 aromatic heterocycles. The molecular formula is C19H18N2O2. The van der Waals surface area contributed by atoms with Crippen LogP contribution in [0.25, 0.3) is 10.9 Å². The van der Waals surface area contributed by atoms with Gasteiger partial charge in [0.05, 0.1) is 12.6 Å². The highest BCUT2D eigenvalue weighted by Crippen LogP contribution is 2.30. The summed E-state index contributed by atoms with van der Waals surface area (Å²) in [5.74, 6) is -0.0262. The molecule has 116 valence electrons. The van der Waals surface area contributed by atoms with Gasteiger partial charge in [-0.1, -0.05) is 24.3 Å². The Kier molecular flexibility index (Phi) is 3.39. The van der Waals surface area contributed by atoms with Gasteiger partial charge in [0.15, 0.2) is 0 Å². The molecule has 23 heavy (non-hydrogen) atoms. The first-order valence-electron chi connectivity index (χ1n) is 7.84. The van der Waals surface area contributed by atoms with Gasteiger partial charge in [-0.2, -0.15) is 0 Å². The van der Waals surface area contributed by atoms with E-state index in [0.717, 1.165) is 22.9 Å². The number of carbonyl (C=O) groups excluding carboxylic acids is 1. The molecule has 4 rings (SSSR count). The van der Waals surface area contributed by atoms with Crippen molar-refractivity contribution in [3.8, 4) is 0 Å². The van der Waals surface area contributed by atoms with E-state index < -0.39 is 0 Å². The normalized spacial score (nSPS) is 17.3. The largest absolute Gasteiger partial charge is 0.394 e. The lowest BCUT2D eigenvalue weighted by atomic mass is 9.92. The summed E-state index contributed by atoms with van der Waals surface area (Å²) in [6, 6.07) is 15.4. The maximum Gasteiger partial charge on any atom is 0.254 e. The van der Waals surface area contributed by atoms with E-state index in [1.807, 2.05) is 48.7 Å². The Morgan fingerprint density at radius 3 is 2.96 bits per heavy atom. The van der Waals surface area contributed by atoms with Gasteiger partial charge in [-0.15, -0.1) is 0 Å². The van der Waals surface area contributed by atoms with Gasteiger partial charge in [0, 0.05) is 29.2 Å². The number of carbonyl (C=O) groups is 1. The van der Waals surface area contributed by atoms with Gasteiger partial charge in [0.2, 0.25) is 0 Å². The lowest BCUT2D eigenvalue weighted by molar-refractivity contribution is 0.0569. The molecule has 1 aliphatic rings. The summed E-state index contributed by atoms with van der Waals surface area (Å²) in [6.45, 7) is 0.571. The number of benzene rings is 2. The van der Waals surface area contributed by atoms with Gasteiger partial charge in [-0.05, 0) is 41.8 Å². The molecule has 0 bridgehead atoms. The van der Waals surface area contributed by atoms with Crippen molar-refractivity contribution in [2.45, 2.75) is 12.5 Å². The number of aliphatic hydroxyl groups excluding tert-OH is 1. The lowest BCUT2D eigenvalue weighted by Gasteiger charge is -2.36. The number of hydrogen-bond acceptors (Lipinski definition) is 2. The van der Waals surface area contributed by atoms with E-state index in [1.54, 1.807) is 4.90 Å². The topological polar surface area (TPSA) is 56.3 Å². The minimum Gasteiger partial charge on any atom is -0.394 e. The molecule has 0 saturated heterocycles. The number of hydrogen-bond donors (Lipinski definition) is 2. The zero-order valence-corrected chi connectivity index (χ0v) is 12.7. The summed E-state index contributed by atoms with van der Waals surface area (Å²) < 4.78 is 0. The van der Waals surface area contributed by atoms with Crippen LogP contribution < -0.4 is 0 Å². The molecule has 4 nitrogen and oxygen atoms in total. The minimum absolute atomic E-state index is 0.0262. The second kappa shape index (κ2) is 5.56. The minimum atomic E-state index is -0.269. The number of aliphatic hydroxyl groups is 1. The Labute approximate surface area is 134 Å². The Balaban J connectivity index is 1.70. The maximum absolute atomic E-state index is 12.9. The fraction of sp³-hybridized carbons (Fsp3) is 0.211. The summed E-state index contributed by atoms with van der Waals surface area (Å²) in [6.07, 6.45) is 2.69. The predicted octanol–water partition coefficient (Wildman–Crippen LogP) is 2.90. The first-order chi connectivity index (χ1) is 11.3. The average molecular weight is 306 g/mol. The highest BCUT2D eigenvalue weighted by molar-refractivity contribution is 5.98. The first-order valence-corrected chi connectivity index (χ1v) is 7.84. The molecule has 0 fully saturated rings. The van der Waals surface area contributed by atoms with Crippen LogP contribution in [0.2, 0.25) is 0 Å². The summed E-state index contributed by atoms with van der Waals surface area (Å²) in [7, 11) is 0. The van der Waals surface area contributed by atoms with Gasteiger partial charge in [0.25, 0.3) is 5.91 Å². The standard InChI is InChI=1S/C19H18N2O2/c22-12-18-16-4-2-1-3-13(16)8-10-21(18)19(23)15-5-6-17-14(11-15)7-9-20-17/h1-7,9,11,18,20,22H,8,10,12H2/t18-/m0/s1. The van der Waals surface area contributed by atoms with Crippen LogP contribution in [0.3, 0.4) is 0 Å². The van der Waals surface area contributed by atoms with Gasteiger partial charge in [-0.25, -0.2) is 0 Å². The van der Waals surface area contributed by atoms with E-state index in [-0.39, 0.29) is 18.6 Å². The average Bonchev–Trinajstić information content (AvgIpc) is 3.07. The number of rotatable bonds is 2. The number of H-pyrrole nitrogens is 1. The molecule has 1 aliphatic heterocycles. The van der Waals surface area contributed by atoms with Crippen molar-refractivity contribution < 1.29 is 9.90 Å². The zero-order valence-electron chi connectivity index (χ0n) is 12.7. The van der Waals surface area contributed by atoms with Crippen LogP contribution in [0, 0.1) is 0 Å². The van der Waals surface area contributed by atoms with Crippen LogP contribution in [-0.4, -0.2) is 34.0 Å². The monoisotopic (exact) mass is 306 g/mol. The zero-order chi connectivity index (χ0) is 15.8. The molecule has 0 unspecified atom stereocenters. The summed E-state index contributed by atoms with van der Waals surface area (Å²) >= 11 is 0. The van der Waals surface area contributed by atoms with E-state index in [1.165, 1.54) is 5.56 Å². The quantitative estimate of drug-likeness (QED) is 0.765. The van der Waals surface area contributed by atoms with Crippen LogP contribution in [0.5, 0.6) is 0 Å². The van der Waals surface area contributed by atoms with Gasteiger partial charge in [-0.3, -0.25) is 4.79 Å². The molecule has 3 aromatic rings.